The van der Waals surface area contributed by atoms with E-state index in [2.05, 4.69) is 15.3 Å². The lowest BCUT2D eigenvalue weighted by molar-refractivity contribution is 0.574. The van der Waals surface area contributed by atoms with Gasteiger partial charge in [0.1, 0.15) is 17.3 Å². The summed E-state index contributed by atoms with van der Waals surface area (Å²) in [5, 5.41) is 10.3. The first kappa shape index (κ1) is 13.8. The number of hydrogen-bond donors (Lipinski definition) is 3. The van der Waals surface area contributed by atoms with Gasteiger partial charge in [-0.1, -0.05) is 0 Å². The molecule has 4 N–H and O–H groups in total. The zero-order valence-electron chi connectivity index (χ0n) is 10.3. The van der Waals surface area contributed by atoms with Crippen LogP contribution in [-0.4, -0.2) is 22.7 Å². The van der Waals surface area contributed by atoms with E-state index in [0.29, 0.717) is 6.07 Å². The minimum Gasteiger partial charge on any atom is -0.383 e. The van der Waals surface area contributed by atoms with E-state index in [-0.39, 0.29) is 17.2 Å². The molecule has 0 aliphatic rings. The number of anilines is 2. The van der Waals surface area contributed by atoms with Gasteiger partial charge in [-0.15, -0.1) is 0 Å². The summed E-state index contributed by atoms with van der Waals surface area (Å²) in [6, 6.07) is 1.53. The summed E-state index contributed by atoms with van der Waals surface area (Å²) in [5.41, 5.74) is 4.47. The van der Waals surface area contributed by atoms with E-state index in [9.17, 15) is 13.2 Å². The first-order valence-corrected chi connectivity index (χ1v) is 5.48. The monoisotopic (exact) mass is 281 g/mol. The molecule has 0 atom stereocenters. The van der Waals surface area contributed by atoms with Crippen LogP contribution in [0.5, 0.6) is 0 Å². The Hall–Kier alpha value is -2.64. The van der Waals surface area contributed by atoms with Crippen molar-refractivity contribution >= 4 is 17.3 Å². The van der Waals surface area contributed by atoms with Crippen LogP contribution in [0.2, 0.25) is 0 Å². The molecule has 0 fully saturated rings. The lowest BCUT2D eigenvalue weighted by Gasteiger charge is -2.09. The van der Waals surface area contributed by atoms with Gasteiger partial charge in [0, 0.05) is 18.7 Å². The van der Waals surface area contributed by atoms with Crippen molar-refractivity contribution in [1.29, 1.82) is 5.41 Å². The molecule has 0 saturated carbocycles. The molecule has 2 aromatic heterocycles. The van der Waals surface area contributed by atoms with Crippen LogP contribution >= 0.6 is 0 Å². The third-order valence-corrected chi connectivity index (χ3v) is 2.56. The average molecular weight is 281 g/mol. The molecule has 2 heterocycles. The molecular weight excluding hydrogens is 271 g/mol. The van der Waals surface area contributed by atoms with Gasteiger partial charge in [-0.2, -0.15) is 0 Å². The summed E-state index contributed by atoms with van der Waals surface area (Å²) < 4.78 is 40.1. The summed E-state index contributed by atoms with van der Waals surface area (Å²) in [4.78, 5) is 7.18. The Bertz CT molecular complexity index is 687. The summed E-state index contributed by atoms with van der Waals surface area (Å²) in [7, 11) is 1.40. The van der Waals surface area contributed by atoms with E-state index >= 15 is 0 Å². The number of hydrogen-bond acceptors (Lipinski definition) is 5. The van der Waals surface area contributed by atoms with Crippen LogP contribution in [0.4, 0.5) is 24.8 Å². The van der Waals surface area contributed by atoms with Gasteiger partial charge in [-0.25, -0.2) is 23.1 Å². The SMILES string of the molecule is CNc1nc(C(=N)c2cc(F)cnc2N)c(F)cc1F. The first-order valence-electron chi connectivity index (χ1n) is 5.48. The normalized spacial score (nSPS) is 10.4. The fourth-order valence-electron chi connectivity index (χ4n) is 1.59. The maximum atomic E-state index is 13.7. The Balaban J connectivity index is 2.56. The first-order chi connectivity index (χ1) is 9.43. The molecule has 8 heteroatoms. The largest absolute Gasteiger partial charge is 0.383 e. The smallest absolute Gasteiger partial charge is 0.168 e. The van der Waals surface area contributed by atoms with Crippen LogP contribution in [0.15, 0.2) is 18.3 Å². The highest BCUT2D eigenvalue weighted by Crippen LogP contribution is 2.20. The van der Waals surface area contributed by atoms with Crippen molar-refractivity contribution in [3.63, 3.8) is 0 Å². The molecule has 0 spiro atoms. The molecule has 0 aliphatic heterocycles. The molecule has 0 aliphatic carbocycles. The lowest BCUT2D eigenvalue weighted by Crippen LogP contribution is -2.13. The van der Waals surface area contributed by atoms with E-state index in [4.69, 9.17) is 11.1 Å². The molecule has 0 saturated heterocycles. The molecule has 2 aromatic rings. The van der Waals surface area contributed by atoms with E-state index in [0.717, 1.165) is 12.3 Å². The Labute approximate surface area is 112 Å². The van der Waals surface area contributed by atoms with Crippen LogP contribution in [-0.2, 0) is 0 Å². The van der Waals surface area contributed by atoms with Crippen molar-refractivity contribution in [2.45, 2.75) is 0 Å². The minimum absolute atomic E-state index is 0.120. The molecule has 0 amide bonds. The van der Waals surface area contributed by atoms with Crippen molar-refractivity contribution in [2.75, 3.05) is 18.1 Å². The summed E-state index contributed by atoms with van der Waals surface area (Å²) >= 11 is 0. The van der Waals surface area contributed by atoms with Crippen molar-refractivity contribution < 1.29 is 13.2 Å². The Morgan fingerprint density at radius 2 is 1.95 bits per heavy atom. The second-order valence-corrected chi connectivity index (χ2v) is 3.86. The Morgan fingerprint density at radius 1 is 1.25 bits per heavy atom. The molecule has 2 rings (SSSR count). The van der Waals surface area contributed by atoms with E-state index < -0.39 is 28.9 Å². The van der Waals surface area contributed by atoms with Crippen LogP contribution in [0.25, 0.3) is 0 Å². The van der Waals surface area contributed by atoms with Gasteiger partial charge in [-0.05, 0) is 6.07 Å². The lowest BCUT2D eigenvalue weighted by atomic mass is 10.1. The van der Waals surface area contributed by atoms with Crippen LogP contribution < -0.4 is 11.1 Å². The van der Waals surface area contributed by atoms with Gasteiger partial charge >= 0.3 is 0 Å². The summed E-state index contributed by atoms with van der Waals surface area (Å²) in [6.07, 6.45) is 0.875. The van der Waals surface area contributed by atoms with Crippen molar-refractivity contribution in [3.05, 3.63) is 47.0 Å². The third kappa shape index (κ3) is 2.40. The zero-order valence-corrected chi connectivity index (χ0v) is 10.3. The molecule has 104 valence electrons. The predicted molar refractivity (Wildman–Crippen MR) is 68.2 cm³/mol. The summed E-state index contributed by atoms with van der Waals surface area (Å²) in [5.74, 6) is -3.04. The average Bonchev–Trinajstić information content (AvgIpc) is 2.41. The fourth-order valence-corrected chi connectivity index (χ4v) is 1.59. The second-order valence-electron chi connectivity index (χ2n) is 3.86. The highest BCUT2D eigenvalue weighted by molar-refractivity contribution is 6.12. The van der Waals surface area contributed by atoms with Gasteiger partial charge in [0.15, 0.2) is 17.5 Å². The summed E-state index contributed by atoms with van der Waals surface area (Å²) in [6.45, 7) is 0. The quantitative estimate of drug-likeness (QED) is 0.750. The van der Waals surface area contributed by atoms with E-state index in [1.807, 2.05) is 0 Å². The topological polar surface area (TPSA) is 87.7 Å². The number of pyridine rings is 2. The van der Waals surface area contributed by atoms with Gasteiger partial charge in [-0.3, -0.25) is 5.41 Å². The standard InChI is InChI=1S/C12H10F3N5/c1-18-12-8(15)3-7(14)10(20-12)9(16)6-2-5(13)4-19-11(6)17/h2-4,16H,1H3,(H2,17,19)(H,18,20). The zero-order chi connectivity index (χ0) is 14.9. The molecule has 0 bridgehead atoms. The molecule has 20 heavy (non-hydrogen) atoms. The van der Waals surface area contributed by atoms with E-state index in [1.54, 1.807) is 0 Å². The second kappa shape index (κ2) is 5.16. The maximum absolute atomic E-state index is 13.7. The van der Waals surface area contributed by atoms with Crippen molar-refractivity contribution in [2.24, 2.45) is 0 Å². The highest BCUT2D eigenvalue weighted by Gasteiger charge is 2.19. The number of aromatic nitrogens is 2. The molecule has 0 unspecified atom stereocenters. The maximum Gasteiger partial charge on any atom is 0.168 e. The number of nitrogens with two attached hydrogens (primary N) is 1. The Kier molecular flexibility index (Phi) is 3.55. The van der Waals surface area contributed by atoms with Crippen LogP contribution in [0.3, 0.4) is 0 Å². The van der Waals surface area contributed by atoms with Crippen LogP contribution in [0.1, 0.15) is 11.3 Å². The minimum atomic E-state index is -1.05. The number of nitrogens with zero attached hydrogens (tertiary/aromatic N) is 2. The molecule has 5 nitrogen and oxygen atoms in total. The van der Waals surface area contributed by atoms with Gasteiger partial charge in [0.25, 0.3) is 0 Å². The highest BCUT2D eigenvalue weighted by atomic mass is 19.1. The van der Waals surface area contributed by atoms with Gasteiger partial charge in [0.2, 0.25) is 0 Å². The number of halogens is 3. The molecular formula is C12H10F3N5. The molecule has 0 aromatic carbocycles. The van der Waals surface area contributed by atoms with Gasteiger partial charge < -0.3 is 11.1 Å². The third-order valence-electron chi connectivity index (χ3n) is 2.56. The Morgan fingerprint density at radius 3 is 2.60 bits per heavy atom. The number of rotatable bonds is 3. The predicted octanol–water partition coefficient (Wildman–Crippen LogP) is 1.93. The number of nitrogen functional groups attached to an aromatic ring is 1. The van der Waals surface area contributed by atoms with Crippen molar-refractivity contribution in [1.82, 2.24) is 9.97 Å². The number of nitrogens with one attached hydrogen (secondary N) is 2. The van der Waals surface area contributed by atoms with E-state index in [1.165, 1.54) is 7.05 Å². The van der Waals surface area contributed by atoms with Gasteiger partial charge in [0.05, 0.1) is 11.9 Å². The molecule has 0 radical (unpaired) electrons. The van der Waals surface area contributed by atoms with Crippen LogP contribution in [0, 0.1) is 22.9 Å². The van der Waals surface area contributed by atoms with Crippen molar-refractivity contribution in [3.8, 4) is 0 Å². The fraction of sp³-hybridized carbons (Fsp3) is 0.0833.